The number of rotatable bonds is 4. The summed E-state index contributed by atoms with van der Waals surface area (Å²) < 4.78 is 2.32. The first kappa shape index (κ1) is 18.6. The molecule has 0 bridgehead atoms. The van der Waals surface area contributed by atoms with Crippen molar-refractivity contribution < 1.29 is 0 Å². The predicted molar refractivity (Wildman–Crippen MR) is 114 cm³/mol. The quantitative estimate of drug-likeness (QED) is 0.653. The molecule has 1 aromatic heterocycles. The van der Waals surface area contributed by atoms with E-state index in [1.54, 1.807) is 0 Å². The van der Waals surface area contributed by atoms with Crippen LogP contribution in [0.15, 0.2) is 54.6 Å². The third kappa shape index (κ3) is 4.07. The second-order valence-electron chi connectivity index (χ2n) is 6.99. The molecule has 3 nitrogen and oxygen atoms in total. The topological polar surface area (TPSA) is 20.2 Å². The third-order valence-electron chi connectivity index (χ3n) is 5.18. The third-order valence-corrected chi connectivity index (χ3v) is 5.68. The van der Waals surface area contributed by atoms with E-state index in [2.05, 4.69) is 52.0 Å². The molecule has 0 amide bonds. The first-order valence-corrected chi connectivity index (χ1v) is 10.0. The standard InChI is InChI=1S/C22H23Cl2N3/c1-16-18(15-26-12-10-25-11-13-26)14-22(17-2-4-19(23)5-3-17)27(16)21-8-6-20(24)7-9-21/h2-9,14,25H,10-13,15H2,1H3. The first-order valence-electron chi connectivity index (χ1n) is 9.28. The van der Waals surface area contributed by atoms with Crippen LogP contribution in [0.3, 0.4) is 0 Å². The van der Waals surface area contributed by atoms with E-state index >= 15 is 0 Å². The molecule has 27 heavy (non-hydrogen) atoms. The lowest BCUT2D eigenvalue weighted by molar-refractivity contribution is 0.233. The average Bonchev–Trinajstić information content (AvgIpc) is 3.00. The molecule has 0 radical (unpaired) electrons. The molecule has 0 atom stereocenters. The Bertz CT molecular complexity index is 908. The Balaban J connectivity index is 1.78. The smallest absolute Gasteiger partial charge is 0.0534 e. The Kier molecular flexibility index (Phi) is 5.55. The molecule has 1 aliphatic heterocycles. The van der Waals surface area contributed by atoms with Gasteiger partial charge < -0.3 is 9.88 Å². The molecular weight excluding hydrogens is 377 g/mol. The van der Waals surface area contributed by atoms with Gasteiger partial charge in [0.25, 0.3) is 0 Å². The lowest BCUT2D eigenvalue weighted by Crippen LogP contribution is -2.42. The van der Waals surface area contributed by atoms with Crippen molar-refractivity contribution in [1.29, 1.82) is 0 Å². The highest BCUT2D eigenvalue weighted by molar-refractivity contribution is 6.30. The van der Waals surface area contributed by atoms with Crippen LogP contribution in [-0.4, -0.2) is 35.6 Å². The summed E-state index contributed by atoms with van der Waals surface area (Å²) in [6.07, 6.45) is 0. The fraction of sp³-hybridized carbons (Fsp3) is 0.273. The van der Waals surface area contributed by atoms with Crippen molar-refractivity contribution >= 4 is 23.2 Å². The molecule has 1 N–H and O–H groups in total. The zero-order valence-electron chi connectivity index (χ0n) is 15.4. The summed E-state index contributed by atoms with van der Waals surface area (Å²) >= 11 is 12.2. The van der Waals surface area contributed by atoms with Crippen LogP contribution in [0.25, 0.3) is 16.9 Å². The van der Waals surface area contributed by atoms with Gasteiger partial charge in [0.05, 0.1) is 5.69 Å². The number of halogens is 2. The van der Waals surface area contributed by atoms with Gasteiger partial charge in [-0.05, 0) is 60.5 Å². The summed E-state index contributed by atoms with van der Waals surface area (Å²) in [6.45, 7) is 7.45. The van der Waals surface area contributed by atoms with Crippen molar-refractivity contribution in [3.63, 3.8) is 0 Å². The monoisotopic (exact) mass is 399 g/mol. The number of hydrogen-bond acceptors (Lipinski definition) is 2. The van der Waals surface area contributed by atoms with Gasteiger partial charge in [0.2, 0.25) is 0 Å². The maximum Gasteiger partial charge on any atom is 0.0534 e. The normalized spacial score (nSPS) is 15.2. The molecule has 2 heterocycles. The fourth-order valence-corrected chi connectivity index (χ4v) is 3.94. The Hall–Kier alpha value is -1.78. The molecule has 5 heteroatoms. The largest absolute Gasteiger partial charge is 0.314 e. The summed E-state index contributed by atoms with van der Waals surface area (Å²) in [6, 6.07) is 18.4. The SMILES string of the molecule is Cc1c(CN2CCNCC2)cc(-c2ccc(Cl)cc2)n1-c1ccc(Cl)cc1. The number of hydrogen-bond donors (Lipinski definition) is 1. The maximum absolute atomic E-state index is 6.11. The lowest BCUT2D eigenvalue weighted by atomic mass is 10.1. The van der Waals surface area contributed by atoms with Gasteiger partial charge in [-0.1, -0.05) is 35.3 Å². The second-order valence-corrected chi connectivity index (χ2v) is 7.86. The molecule has 1 aliphatic rings. The maximum atomic E-state index is 6.11. The van der Waals surface area contributed by atoms with Crippen molar-refractivity contribution in [2.45, 2.75) is 13.5 Å². The van der Waals surface area contributed by atoms with E-state index in [0.29, 0.717) is 0 Å². The zero-order chi connectivity index (χ0) is 18.8. The molecule has 0 spiro atoms. The van der Waals surface area contributed by atoms with E-state index in [-0.39, 0.29) is 0 Å². The van der Waals surface area contributed by atoms with E-state index in [1.165, 1.54) is 17.0 Å². The van der Waals surface area contributed by atoms with Crippen LogP contribution in [0.2, 0.25) is 10.0 Å². The van der Waals surface area contributed by atoms with E-state index in [1.807, 2.05) is 24.3 Å². The summed E-state index contributed by atoms with van der Waals surface area (Å²) in [7, 11) is 0. The Morgan fingerprint density at radius 2 is 1.48 bits per heavy atom. The number of nitrogens with zero attached hydrogens (tertiary/aromatic N) is 2. The van der Waals surface area contributed by atoms with Crippen LogP contribution in [0.5, 0.6) is 0 Å². The summed E-state index contributed by atoms with van der Waals surface area (Å²) in [5, 5.41) is 4.92. The summed E-state index contributed by atoms with van der Waals surface area (Å²) in [5.74, 6) is 0. The highest BCUT2D eigenvalue weighted by Gasteiger charge is 2.18. The molecule has 140 valence electrons. The minimum Gasteiger partial charge on any atom is -0.314 e. The lowest BCUT2D eigenvalue weighted by Gasteiger charge is -2.27. The molecule has 0 unspecified atom stereocenters. The van der Waals surface area contributed by atoms with Gasteiger partial charge in [0, 0.05) is 54.2 Å². The van der Waals surface area contributed by atoms with Crippen LogP contribution >= 0.6 is 23.2 Å². The number of nitrogens with one attached hydrogen (secondary N) is 1. The summed E-state index contributed by atoms with van der Waals surface area (Å²) in [4.78, 5) is 2.51. The Morgan fingerprint density at radius 1 is 0.889 bits per heavy atom. The van der Waals surface area contributed by atoms with Crippen LogP contribution < -0.4 is 5.32 Å². The minimum atomic E-state index is 0.748. The molecule has 1 fully saturated rings. The number of aromatic nitrogens is 1. The Labute approximate surface area is 170 Å². The fourth-order valence-electron chi connectivity index (χ4n) is 3.68. The van der Waals surface area contributed by atoms with E-state index < -0.39 is 0 Å². The molecule has 3 aromatic rings. The van der Waals surface area contributed by atoms with Crippen molar-refractivity contribution in [1.82, 2.24) is 14.8 Å². The van der Waals surface area contributed by atoms with E-state index in [4.69, 9.17) is 23.2 Å². The van der Waals surface area contributed by atoms with Crippen molar-refractivity contribution in [3.8, 4) is 16.9 Å². The van der Waals surface area contributed by atoms with Crippen LogP contribution in [0, 0.1) is 6.92 Å². The van der Waals surface area contributed by atoms with Crippen LogP contribution in [-0.2, 0) is 6.54 Å². The van der Waals surface area contributed by atoms with Crippen LogP contribution in [0.4, 0.5) is 0 Å². The van der Waals surface area contributed by atoms with Gasteiger partial charge >= 0.3 is 0 Å². The molecule has 0 saturated carbocycles. The van der Waals surface area contributed by atoms with Gasteiger partial charge in [-0.15, -0.1) is 0 Å². The van der Waals surface area contributed by atoms with E-state index in [9.17, 15) is 0 Å². The van der Waals surface area contributed by atoms with Crippen LogP contribution in [0.1, 0.15) is 11.3 Å². The minimum absolute atomic E-state index is 0.748. The predicted octanol–water partition coefficient (Wildman–Crippen LogP) is 5.16. The average molecular weight is 400 g/mol. The van der Waals surface area contributed by atoms with Gasteiger partial charge in [0.1, 0.15) is 0 Å². The van der Waals surface area contributed by atoms with Crippen molar-refractivity contribution in [2.75, 3.05) is 26.2 Å². The van der Waals surface area contributed by atoms with Gasteiger partial charge in [-0.25, -0.2) is 0 Å². The first-order chi connectivity index (χ1) is 13.1. The highest BCUT2D eigenvalue weighted by Crippen LogP contribution is 2.31. The van der Waals surface area contributed by atoms with Gasteiger partial charge in [-0.3, -0.25) is 4.90 Å². The molecule has 2 aromatic carbocycles. The molecule has 1 saturated heterocycles. The Morgan fingerprint density at radius 3 is 2.11 bits per heavy atom. The highest BCUT2D eigenvalue weighted by atomic mass is 35.5. The molecule has 4 rings (SSSR count). The van der Waals surface area contributed by atoms with Gasteiger partial charge in [-0.2, -0.15) is 0 Å². The molecule has 0 aliphatic carbocycles. The van der Waals surface area contributed by atoms with Crippen molar-refractivity contribution in [2.24, 2.45) is 0 Å². The van der Waals surface area contributed by atoms with E-state index in [0.717, 1.165) is 54.0 Å². The number of benzene rings is 2. The second kappa shape index (κ2) is 8.07. The van der Waals surface area contributed by atoms with Gasteiger partial charge in [0.15, 0.2) is 0 Å². The summed E-state index contributed by atoms with van der Waals surface area (Å²) in [5.41, 5.74) is 6.08. The number of piperazine rings is 1. The van der Waals surface area contributed by atoms with Crippen molar-refractivity contribution in [3.05, 3.63) is 75.9 Å². The molecular formula is C22H23Cl2N3. The zero-order valence-corrected chi connectivity index (χ0v) is 16.9.